The highest BCUT2D eigenvalue weighted by Gasteiger charge is 2.64. The Labute approximate surface area is 182 Å². The van der Waals surface area contributed by atoms with Gasteiger partial charge in [-0.1, -0.05) is 34.1 Å². The van der Waals surface area contributed by atoms with Crippen molar-refractivity contribution in [2.45, 2.75) is 104 Å². The summed E-state index contributed by atoms with van der Waals surface area (Å²) >= 11 is 0. The fraction of sp³-hybridized carbons (Fsp3) is 0.962. The fourth-order valence-electron chi connectivity index (χ4n) is 9.48. The summed E-state index contributed by atoms with van der Waals surface area (Å²) in [6.45, 7) is 9.44. The van der Waals surface area contributed by atoms with Crippen LogP contribution in [0.3, 0.4) is 0 Å². The highest BCUT2D eigenvalue weighted by atomic mass is 16.4. The summed E-state index contributed by atoms with van der Waals surface area (Å²) in [6, 6.07) is 0. The minimum Gasteiger partial charge on any atom is -0.481 e. The van der Waals surface area contributed by atoms with Gasteiger partial charge < -0.3 is 15.3 Å². The Morgan fingerprint density at radius 3 is 2.33 bits per heavy atom. The molecule has 5 unspecified atom stereocenters. The van der Waals surface area contributed by atoms with E-state index in [9.17, 15) is 15.0 Å². The lowest BCUT2D eigenvalue weighted by atomic mass is 9.41. The van der Waals surface area contributed by atoms with Crippen molar-refractivity contribution in [3.05, 3.63) is 0 Å². The quantitative estimate of drug-likeness (QED) is 0.577. The Morgan fingerprint density at radius 1 is 1.00 bits per heavy atom. The number of carboxylic acid groups (broad SMARTS) is 1. The SMILES string of the molecule is CC[C@H]1C2C[C@H](O)CC[C@]2(C)C2CC[C@@]3(C)C(CCC3[C@H](C)CCC(=O)O)C2[C@@H]1O. The zero-order valence-electron chi connectivity index (χ0n) is 19.5. The maximum atomic E-state index is 11.7. The van der Waals surface area contributed by atoms with Gasteiger partial charge in [0.05, 0.1) is 12.2 Å². The van der Waals surface area contributed by atoms with Crippen molar-refractivity contribution in [1.29, 1.82) is 0 Å². The van der Waals surface area contributed by atoms with Crippen LogP contribution in [-0.4, -0.2) is 33.5 Å². The molecule has 4 aliphatic carbocycles. The monoisotopic (exact) mass is 420 g/mol. The van der Waals surface area contributed by atoms with E-state index in [1.54, 1.807) is 0 Å². The number of aliphatic hydroxyl groups excluding tert-OH is 2. The summed E-state index contributed by atoms with van der Waals surface area (Å²) in [4.78, 5) is 11.1. The second-order valence-electron chi connectivity index (χ2n) is 12.0. The molecule has 0 bridgehead atoms. The standard InChI is InChI=1S/C26H44O4/c1-5-17-21-14-16(27)10-12-26(21,4)20-11-13-25(3)18(15(2)6-9-22(28)29)7-8-19(25)23(20)24(17)30/h15-21,23-24,27,30H,5-14H2,1-4H3,(H,28,29)/t15-,16-,17+,18?,19?,20?,21?,23?,24-,25-,26-/m1/s1. The second kappa shape index (κ2) is 8.06. The van der Waals surface area contributed by atoms with Gasteiger partial charge >= 0.3 is 5.97 Å². The van der Waals surface area contributed by atoms with Crippen molar-refractivity contribution in [3.8, 4) is 0 Å². The molecule has 4 nitrogen and oxygen atoms in total. The highest BCUT2D eigenvalue weighted by molar-refractivity contribution is 5.66. The van der Waals surface area contributed by atoms with E-state index < -0.39 is 5.97 Å². The Morgan fingerprint density at radius 2 is 1.67 bits per heavy atom. The van der Waals surface area contributed by atoms with Crippen LogP contribution in [0.5, 0.6) is 0 Å². The average molecular weight is 421 g/mol. The highest BCUT2D eigenvalue weighted by Crippen LogP contribution is 2.69. The molecule has 0 spiro atoms. The van der Waals surface area contributed by atoms with Gasteiger partial charge in [-0.2, -0.15) is 0 Å². The van der Waals surface area contributed by atoms with Gasteiger partial charge in [0.15, 0.2) is 0 Å². The maximum absolute atomic E-state index is 11.7. The lowest BCUT2D eigenvalue weighted by molar-refractivity contribution is -0.203. The minimum atomic E-state index is -0.683. The second-order valence-corrected chi connectivity index (χ2v) is 12.0. The molecule has 0 radical (unpaired) electrons. The Hall–Kier alpha value is -0.610. The minimum absolute atomic E-state index is 0.194. The van der Waals surface area contributed by atoms with Crippen LogP contribution in [0.2, 0.25) is 0 Å². The van der Waals surface area contributed by atoms with E-state index in [0.717, 1.165) is 32.1 Å². The number of aliphatic hydroxyl groups is 2. The van der Waals surface area contributed by atoms with E-state index in [-0.39, 0.29) is 29.5 Å². The van der Waals surface area contributed by atoms with E-state index >= 15 is 0 Å². The number of aliphatic carboxylic acids is 1. The van der Waals surface area contributed by atoms with Crippen LogP contribution < -0.4 is 0 Å². The molecule has 0 aromatic rings. The molecule has 0 saturated heterocycles. The van der Waals surface area contributed by atoms with Gasteiger partial charge in [-0.15, -0.1) is 0 Å². The molecule has 0 heterocycles. The van der Waals surface area contributed by atoms with Crippen LogP contribution in [0.25, 0.3) is 0 Å². The summed E-state index contributed by atoms with van der Waals surface area (Å²) in [5, 5.41) is 31.3. The van der Waals surface area contributed by atoms with Gasteiger partial charge in [-0.05, 0) is 104 Å². The van der Waals surface area contributed by atoms with E-state index in [1.807, 2.05) is 0 Å². The molecule has 0 aromatic heterocycles. The summed E-state index contributed by atoms with van der Waals surface area (Å²) in [7, 11) is 0. The van der Waals surface area contributed by atoms with Gasteiger partial charge in [0.1, 0.15) is 0 Å². The molecule has 4 rings (SSSR count). The van der Waals surface area contributed by atoms with Crippen molar-refractivity contribution in [2.75, 3.05) is 0 Å². The zero-order valence-corrected chi connectivity index (χ0v) is 19.5. The van der Waals surface area contributed by atoms with E-state index in [0.29, 0.717) is 41.4 Å². The molecule has 4 heteroatoms. The Kier molecular flexibility index (Phi) is 6.07. The third-order valence-corrected chi connectivity index (χ3v) is 11.0. The first-order valence-electron chi connectivity index (χ1n) is 12.7. The number of carboxylic acids is 1. The number of rotatable bonds is 5. The first-order chi connectivity index (χ1) is 14.1. The first-order valence-corrected chi connectivity index (χ1v) is 12.7. The van der Waals surface area contributed by atoms with E-state index in [4.69, 9.17) is 5.11 Å². The topological polar surface area (TPSA) is 77.8 Å². The Bertz CT molecular complexity index is 649. The van der Waals surface area contributed by atoms with E-state index in [2.05, 4.69) is 27.7 Å². The molecule has 4 aliphatic rings. The van der Waals surface area contributed by atoms with Gasteiger partial charge in [0.2, 0.25) is 0 Å². The summed E-state index contributed by atoms with van der Waals surface area (Å²) in [6.07, 6.45) is 9.27. The number of hydrogen-bond donors (Lipinski definition) is 3. The maximum Gasteiger partial charge on any atom is 0.303 e. The molecule has 172 valence electrons. The number of carbonyl (C=O) groups is 1. The predicted octanol–water partition coefficient (Wildman–Crippen LogP) is 5.11. The largest absolute Gasteiger partial charge is 0.481 e. The molecule has 0 aromatic carbocycles. The van der Waals surface area contributed by atoms with Crippen LogP contribution in [0.4, 0.5) is 0 Å². The molecule has 4 saturated carbocycles. The summed E-state index contributed by atoms with van der Waals surface area (Å²) < 4.78 is 0. The van der Waals surface area contributed by atoms with Crippen LogP contribution >= 0.6 is 0 Å². The van der Waals surface area contributed by atoms with Gasteiger partial charge in [0, 0.05) is 6.42 Å². The number of fused-ring (bicyclic) bond motifs is 5. The molecule has 0 aliphatic heterocycles. The molecule has 0 amide bonds. The van der Waals surface area contributed by atoms with Crippen molar-refractivity contribution >= 4 is 5.97 Å². The van der Waals surface area contributed by atoms with Crippen molar-refractivity contribution < 1.29 is 20.1 Å². The van der Waals surface area contributed by atoms with Crippen molar-refractivity contribution in [3.63, 3.8) is 0 Å². The summed E-state index contributed by atoms with van der Waals surface area (Å²) in [5.41, 5.74) is 0.480. The van der Waals surface area contributed by atoms with Gasteiger partial charge in [-0.3, -0.25) is 4.79 Å². The molecule has 11 atom stereocenters. The summed E-state index contributed by atoms with van der Waals surface area (Å²) in [5.74, 6) is 2.58. The van der Waals surface area contributed by atoms with Gasteiger partial charge in [-0.25, -0.2) is 0 Å². The third kappa shape index (κ3) is 3.36. The lowest BCUT2D eigenvalue weighted by Crippen LogP contribution is -2.62. The lowest BCUT2D eigenvalue weighted by Gasteiger charge is -2.64. The average Bonchev–Trinajstić information content (AvgIpc) is 3.05. The fourth-order valence-corrected chi connectivity index (χ4v) is 9.48. The van der Waals surface area contributed by atoms with Crippen LogP contribution in [-0.2, 0) is 4.79 Å². The zero-order chi connectivity index (χ0) is 21.8. The van der Waals surface area contributed by atoms with Crippen LogP contribution in [0, 0.1) is 52.3 Å². The molecular weight excluding hydrogens is 376 g/mol. The smallest absolute Gasteiger partial charge is 0.303 e. The predicted molar refractivity (Wildman–Crippen MR) is 118 cm³/mol. The van der Waals surface area contributed by atoms with Gasteiger partial charge in [0.25, 0.3) is 0 Å². The Balaban J connectivity index is 1.61. The normalized spacial score (nSPS) is 51.5. The van der Waals surface area contributed by atoms with Crippen molar-refractivity contribution in [1.82, 2.24) is 0 Å². The third-order valence-electron chi connectivity index (χ3n) is 11.0. The van der Waals surface area contributed by atoms with E-state index in [1.165, 1.54) is 25.7 Å². The number of hydrogen-bond acceptors (Lipinski definition) is 3. The van der Waals surface area contributed by atoms with Crippen LogP contribution in [0.15, 0.2) is 0 Å². The van der Waals surface area contributed by atoms with Crippen LogP contribution in [0.1, 0.15) is 91.9 Å². The molecule has 3 N–H and O–H groups in total. The molecule has 4 fully saturated rings. The first kappa shape index (κ1) is 22.6. The molecular formula is C26H44O4. The molecule has 30 heavy (non-hydrogen) atoms. The van der Waals surface area contributed by atoms with Crippen molar-refractivity contribution in [2.24, 2.45) is 52.3 Å².